The average molecular weight is 191 g/mol. The van der Waals surface area contributed by atoms with Gasteiger partial charge in [0.05, 0.1) is 12.2 Å². The molecule has 0 aliphatic carbocycles. The molecule has 0 saturated carbocycles. The van der Waals surface area contributed by atoms with E-state index in [1.54, 1.807) is 0 Å². The van der Waals surface area contributed by atoms with E-state index in [1.807, 2.05) is 6.08 Å². The zero-order chi connectivity index (χ0) is 6.69. The van der Waals surface area contributed by atoms with Gasteiger partial charge in [0.2, 0.25) is 0 Å². The van der Waals surface area contributed by atoms with Crippen LogP contribution in [0.2, 0.25) is 0 Å². The lowest BCUT2D eigenvalue weighted by atomic mass is 10.2. The molecule has 9 heavy (non-hydrogen) atoms. The van der Waals surface area contributed by atoms with Crippen molar-refractivity contribution in [3.63, 3.8) is 0 Å². The summed E-state index contributed by atoms with van der Waals surface area (Å²) in [7, 11) is 0. The van der Waals surface area contributed by atoms with Crippen LogP contribution in [-0.2, 0) is 4.74 Å². The number of ether oxygens (including phenoxy) is 1. The van der Waals surface area contributed by atoms with Crippen LogP contribution in [-0.4, -0.2) is 17.5 Å². The molecule has 0 N–H and O–H groups in total. The minimum atomic E-state index is 0.313. The van der Waals surface area contributed by atoms with Gasteiger partial charge >= 0.3 is 0 Å². The van der Waals surface area contributed by atoms with Crippen molar-refractivity contribution in [1.82, 2.24) is 0 Å². The van der Waals surface area contributed by atoms with Crippen LogP contribution >= 0.6 is 15.9 Å². The van der Waals surface area contributed by atoms with Crippen molar-refractivity contribution in [2.45, 2.75) is 25.0 Å². The van der Waals surface area contributed by atoms with Crippen molar-refractivity contribution in [3.8, 4) is 0 Å². The Balaban J connectivity index is 2.28. The molecule has 0 aromatic rings. The second-order valence-corrected chi connectivity index (χ2v) is 2.91. The maximum atomic E-state index is 5.49. The van der Waals surface area contributed by atoms with Gasteiger partial charge in [-0.1, -0.05) is 22.0 Å². The number of alkyl halides is 1. The van der Waals surface area contributed by atoms with Gasteiger partial charge in [-0.2, -0.15) is 0 Å². The molecule has 52 valence electrons. The molecular formula is C7H11BrO. The summed E-state index contributed by atoms with van der Waals surface area (Å²) in [6.07, 6.45) is 4.92. The molecule has 1 rings (SSSR count). The van der Waals surface area contributed by atoms with Crippen LogP contribution in [0.4, 0.5) is 0 Å². The third kappa shape index (κ3) is 1.80. The molecule has 0 aromatic carbocycles. The van der Waals surface area contributed by atoms with E-state index in [9.17, 15) is 0 Å². The first-order valence-corrected chi connectivity index (χ1v) is 4.33. The number of halogens is 1. The van der Waals surface area contributed by atoms with Crippen LogP contribution in [0, 0.1) is 0 Å². The first-order chi connectivity index (χ1) is 4.36. The number of hydrogen-bond acceptors (Lipinski definition) is 1. The van der Waals surface area contributed by atoms with Crippen LogP contribution in [0.25, 0.3) is 0 Å². The maximum Gasteiger partial charge on any atom is 0.0758 e. The van der Waals surface area contributed by atoms with Gasteiger partial charge in [0, 0.05) is 5.33 Å². The van der Waals surface area contributed by atoms with Crippen molar-refractivity contribution in [3.05, 3.63) is 12.7 Å². The largest absolute Gasteiger partial charge is 0.370 e. The van der Waals surface area contributed by atoms with E-state index in [4.69, 9.17) is 4.74 Å². The van der Waals surface area contributed by atoms with E-state index in [-0.39, 0.29) is 0 Å². The summed E-state index contributed by atoms with van der Waals surface area (Å²) >= 11 is 3.37. The van der Waals surface area contributed by atoms with Crippen LogP contribution in [0.5, 0.6) is 0 Å². The molecule has 1 nitrogen and oxygen atoms in total. The van der Waals surface area contributed by atoms with Gasteiger partial charge in [-0.3, -0.25) is 0 Å². The van der Waals surface area contributed by atoms with Crippen molar-refractivity contribution < 1.29 is 4.74 Å². The molecule has 1 fully saturated rings. The topological polar surface area (TPSA) is 9.23 Å². The lowest BCUT2D eigenvalue weighted by molar-refractivity contribution is 0.0872. The number of rotatable bonds is 2. The molecule has 2 heteroatoms. The van der Waals surface area contributed by atoms with E-state index in [1.165, 1.54) is 6.42 Å². The Bertz CT molecular complexity index is 103. The van der Waals surface area contributed by atoms with Gasteiger partial charge in [-0.25, -0.2) is 0 Å². The zero-order valence-electron chi connectivity index (χ0n) is 5.35. The van der Waals surface area contributed by atoms with Crippen molar-refractivity contribution in [1.29, 1.82) is 0 Å². The molecule has 2 atom stereocenters. The predicted octanol–water partition coefficient (Wildman–Crippen LogP) is 2.11. The summed E-state index contributed by atoms with van der Waals surface area (Å²) in [5.41, 5.74) is 0. The van der Waals surface area contributed by atoms with Gasteiger partial charge in [0.15, 0.2) is 0 Å². The fourth-order valence-corrected chi connectivity index (χ4v) is 1.50. The summed E-state index contributed by atoms with van der Waals surface area (Å²) in [6.45, 7) is 3.67. The Hall–Kier alpha value is 0.180. The molecule has 1 heterocycles. The molecule has 0 unspecified atom stereocenters. The van der Waals surface area contributed by atoms with Gasteiger partial charge in [0.25, 0.3) is 0 Å². The second kappa shape index (κ2) is 3.37. The third-order valence-electron chi connectivity index (χ3n) is 1.58. The fraction of sp³-hybridized carbons (Fsp3) is 0.714. The highest BCUT2D eigenvalue weighted by Crippen LogP contribution is 2.21. The Morgan fingerprint density at radius 2 is 2.44 bits per heavy atom. The summed E-state index contributed by atoms with van der Waals surface area (Å²) in [5.74, 6) is 0. The highest BCUT2D eigenvalue weighted by atomic mass is 79.9. The zero-order valence-corrected chi connectivity index (χ0v) is 6.93. The first kappa shape index (κ1) is 7.29. The van der Waals surface area contributed by atoms with Crippen molar-refractivity contribution in [2.24, 2.45) is 0 Å². The van der Waals surface area contributed by atoms with Crippen molar-refractivity contribution in [2.75, 3.05) is 5.33 Å². The summed E-state index contributed by atoms with van der Waals surface area (Å²) < 4.78 is 5.49. The highest BCUT2D eigenvalue weighted by molar-refractivity contribution is 9.09. The van der Waals surface area contributed by atoms with Crippen LogP contribution in [0.3, 0.4) is 0 Å². The van der Waals surface area contributed by atoms with Gasteiger partial charge in [0.1, 0.15) is 0 Å². The summed E-state index contributed by atoms with van der Waals surface area (Å²) in [4.78, 5) is 0. The molecule has 0 amide bonds. The molecule has 1 aliphatic rings. The Morgan fingerprint density at radius 3 is 2.78 bits per heavy atom. The minimum absolute atomic E-state index is 0.313. The van der Waals surface area contributed by atoms with Crippen LogP contribution in [0.15, 0.2) is 12.7 Å². The van der Waals surface area contributed by atoms with E-state index < -0.39 is 0 Å². The maximum absolute atomic E-state index is 5.49. The molecular weight excluding hydrogens is 180 g/mol. The number of hydrogen-bond donors (Lipinski definition) is 0. The summed E-state index contributed by atoms with van der Waals surface area (Å²) in [6, 6.07) is 0. The van der Waals surface area contributed by atoms with Crippen LogP contribution in [0.1, 0.15) is 12.8 Å². The quantitative estimate of drug-likeness (QED) is 0.479. The van der Waals surface area contributed by atoms with E-state index in [0.717, 1.165) is 11.8 Å². The van der Waals surface area contributed by atoms with Crippen molar-refractivity contribution >= 4 is 15.9 Å². The molecule has 0 aromatic heterocycles. The lowest BCUT2D eigenvalue weighted by Gasteiger charge is -2.05. The molecule has 0 radical (unpaired) electrons. The normalized spacial score (nSPS) is 34.8. The second-order valence-electron chi connectivity index (χ2n) is 2.26. The summed E-state index contributed by atoms with van der Waals surface area (Å²) in [5, 5.41) is 0.956. The third-order valence-corrected chi connectivity index (χ3v) is 2.30. The van der Waals surface area contributed by atoms with Gasteiger partial charge < -0.3 is 4.74 Å². The lowest BCUT2D eigenvalue weighted by Crippen LogP contribution is -2.09. The molecule has 0 bridgehead atoms. The first-order valence-electron chi connectivity index (χ1n) is 3.20. The van der Waals surface area contributed by atoms with E-state index in [2.05, 4.69) is 22.5 Å². The predicted molar refractivity (Wildman–Crippen MR) is 41.9 cm³/mol. The molecule has 0 spiro atoms. The average Bonchev–Trinajstić information content (AvgIpc) is 2.34. The smallest absolute Gasteiger partial charge is 0.0758 e. The van der Waals surface area contributed by atoms with Crippen LogP contribution < -0.4 is 0 Å². The molecule has 1 saturated heterocycles. The monoisotopic (exact) mass is 190 g/mol. The SMILES string of the molecule is C=C[C@H]1CC[C@@H](CBr)O1. The molecule has 1 aliphatic heterocycles. The fourth-order valence-electron chi connectivity index (χ4n) is 1.02. The Labute approximate surface area is 64.2 Å². The Kier molecular flexibility index (Phi) is 2.73. The van der Waals surface area contributed by atoms with Gasteiger partial charge in [-0.15, -0.1) is 6.58 Å². The van der Waals surface area contributed by atoms with E-state index in [0.29, 0.717) is 12.2 Å². The highest BCUT2D eigenvalue weighted by Gasteiger charge is 2.21. The minimum Gasteiger partial charge on any atom is -0.370 e. The Morgan fingerprint density at radius 1 is 1.67 bits per heavy atom. The standard InChI is InChI=1S/C7H11BrO/c1-2-6-3-4-7(5-8)9-6/h2,6-7H,1,3-5H2/t6-,7-/m0/s1. The van der Waals surface area contributed by atoms with E-state index >= 15 is 0 Å². The van der Waals surface area contributed by atoms with Gasteiger partial charge in [-0.05, 0) is 12.8 Å².